The van der Waals surface area contributed by atoms with Crippen molar-refractivity contribution in [2.24, 2.45) is 0 Å². The molecule has 0 bridgehead atoms. The van der Waals surface area contributed by atoms with Gasteiger partial charge in [0.15, 0.2) is 11.6 Å². The predicted molar refractivity (Wildman–Crippen MR) is 70.2 cm³/mol. The SMILES string of the molecule is Cc1cc(Nc2cnnc(NC3CCCC3)n2)no1. The number of aromatic nitrogens is 4. The zero-order valence-corrected chi connectivity index (χ0v) is 10.8. The molecule has 0 amide bonds. The Hall–Kier alpha value is -2.18. The molecule has 7 heteroatoms. The van der Waals surface area contributed by atoms with Crippen LogP contribution in [0.25, 0.3) is 0 Å². The lowest BCUT2D eigenvalue weighted by Gasteiger charge is -2.11. The summed E-state index contributed by atoms with van der Waals surface area (Å²) in [4.78, 5) is 4.36. The van der Waals surface area contributed by atoms with Gasteiger partial charge in [0, 0.05) is 12.1 Å². The number of aryl methyl sites for hydroxylation is 1. The van der Waals surface area contributed by atoms with Crippen molar-refractivity contribution in [3.8, 4) is 0 Å². The van der Waals surface area contributed by atoms with Gasteiger partial charge in [-0.2, -0.15) is 10.1 Å². The molecule has 0 aromatic carbocycles. The minimum absolute atomic E-state index is 0.464. The molecular formula is C12H16N6O. The van der Waals surface area contributed by atoms with Crippen molar-refractivity contribution in [3.63, 3.8) is 0 Å². The van der Waals surface area contributed by atoms with E-state index in [1.165, 1.54) is 25.7 Å². The Morgan fingerprint density at radius 3 is 2.84 bits per heavy atom. The van der Waals surface area contributed by atoms with Crippen molar-refractivity contribution in [1.29, 1.82) is 0 Å². The van der Waals surface area contributed by atoms with Gasteiger partial charge in [-0.3, -0.25) is 0 Å². The molecule has 19 heavy (non-hydrogen) atoms. The van der Waals surface area contributed by atoms with E-state index in [9.17, 15) is 0 Å². The van der Waals surface area contributed by atoms with Crippen LogP contribution < -0.4 is 10.6 Å². The zero-order chi connectivity index (χ0) is 13.1. The number of hydrogen-bond acceptors (Lipinski definition) is 7. The van der Waals surface area contributed by atoms with Crippen molar-refractivity contribution in [2.45, 2.75) is 38.6 Å². The molecule has 2 aromatic rings. The molecule has 0 aliphatic heterocycles. The summed E-state index contributed by atoms with van der Waals surface area (Å²) in [6.45, 7) is 1.84. The Labute approximate surface area is 110 Å². The molecule has 1 fully saturated rings. The molecule has 0 radical (unpaired) electrons. The molecule has 0 saturated heterocycles. The largest absolute Gasteiger partial charge is 0.360 e. The van der Waals surface area contributed by atoms with E-state index in [4.69, 9.17) is 4.52 Å². The van der Waals surface area contributed by atoms with Crippen molar-refractivity contribution in [3.05, 3.63) is 18.0 Å². The summed E-state index contributed by atoms with van der Waals surface area (Å²) in [5.41, 5.74) is 0. The van der Waals surface area contributed by atoms with E-state index in [0.29, 0.717) is 23.6 Å². The van der Waals surface area contributed by atoms with Crippen LogP contribution in [0, 0.1) is 6.92 Å². The average Bonchev–Trinajstić information content (AvgIpc) is 3.02. The van der Waals surface area contributed by atoms with E-state index in [0.717, 1.165) is 5.76 Å². The van der Waals surface area contributed by atoms with Crippen LogP contribution in [0.5, 0.6) is 0 Å². The number of nitrogens with zero attached hydrogens (tertiary/aromatic N) is 4. The number of hydrogen-bond donors (Lipinski definition) is 2. The average molecular weight is 260 g/mol. The second kappa shape index (κ2) is 5.21. The number of nitrogens with one attached hydrogen (secondary N) is 2. The second-order valence-corrected chi connectivity index (χ2v) is 4.74. The molecule has 1 aliphatic carbocycles. The third kappa shape index (κ3) is 2.98. The monoisotopic (exact) mass is 260 g/mol. The van der Waals surface area contributed by atoms with Gasteiger partial charge in [0.05, 0.1) is 6.20 Å². The van der Waals surface area contributed by atoms with E-state index in [2.05, 4.69) is 31.0 Å². The van der Waals surface area contributed by atoms with Crippen LogP contribution in [0.15, 0.2) is 16.8 Å². The highest BCUT2D eigenvalue weighted by Crippen LogP contribution is 2.21. The Balaban J connectivity index is 1.68. The third-order valence-corrected chi connectivity index (χ3v) is 3.13. The van der Waals surface area contributed by atoms with E-state index < -0.39 is 0 Å². The summed E-state index contributed by atoms with van der Waals surface area (Å²) in [5.74, 6) is 2.51. The first kappa shape index (κ1) is 11.9. The van der Waals surface area contributed by atoms with Crippen LogP contribution in [0.2, 0.25) is 0 Å². The van der Waals surface area contributed by atoms with Gasteiger partial charge in [0.2, 0.25) is 5.95 Å². The highest BCUT2D eigenvalue weighted by Gasteiger charge is 2.16. The maximum Gasteiger partial charge on any atom is 0.244 e. The van der Waals surface area contributed by atoms with E-state index in [1.54, 1.807) is 12.3 Å². The minimum atomic E-state index is 0.464. The van der Waals surface area contributed by atoms with Gasteiger partial charge < -0.3 is 15.2 Å². The van der Waals surface area contributed by atoms with E-state index in [-0.39, 0.29) is 0 Å². The Morgan fingerprint density at radius 2 is 2.11 bits per heavy atom. The van der Waals surface area contributed by atoms with Crippen LogP contribution in [-0.2, 0) is 0 Å². The van der Waals surface area contributed by atoms with Crippen molar-refractivity contribution >= 4 is 17.6 Å². The molecule has 2 heterocycles. The molecule has 100 valence electrons. The summed E-state index contributed by atoms with van der Waals surface area (Å²) in [7, 11) is 0. The first-order valence-electron chi connectivity index (χ1n) is 6.46. The van der Waals surface area contributed by atoms with Gasteiger partial charge in [-0.05, 0) is 19.8 Å². The van der Waals surface area contributed by atoms with E-state index in [1.807, 2.05) is 6.92 Å². The van der Waals surface area contributed by atoms with Gasteiger partial charge in [0.25, 0.3) is 0 Å². The van der Waals surface area contributed by atoms with Gasteiger partial charge in [-0.25, -0.2) is 0 Å². The maximum absolute atomic E-state index is 4.98. The third-order valence-electron chi connectivity index (χ3n) is 3.13. The van der Waals surface area contributed by atoms with Crippen molar-refractivity contribution in [1.82, 2.24) is 20.3 Å². The smallest absolute Gasteiger partial charge is 0.244 e. The molecule has 0 spiro atoms. The fourth-order valence-electron chi connectivity index (χ4n) is 2.23. The Morgan fingerprint density at radius 1 is 1.26 bits per heavy atom. The molecule has 2 aromatic heterocycles. The van der Waals surface area contributed by atoms with Crippen LogP contribution in [-0.4, -0.2) is 26.4 Å². The molecule has 1 aliphatic rings. The minimum Gasteiger partial charge on any atom is -0.360 e. The summed E-state index contributed by atoms with van der Waals surface area (Å²) in [5, 5.41) is 18.1. The molecule has 3 rings (SSSR count). The fraction of sp³-hybridized carbons (Fsp3) is 0.500. The number of anilines is 3. The van der Waals surface area contributed by atoms with Gasteiger partial charge >= 0.3 is 0 Å². The van der Waals surface area contributed by atoms with E-state index >= 15 is 0 Å². The lowest BCUT2D eigenvalue weighted by atomic mass is 10.3. The number of rotatable bonds is 4. The molecule has 0 unspecified atom stereocenters. The van der Waals surface area contributed by atoms with Crippen LogP contribution in [0.1, 0.15) is 31.4 Å². The summed E-state index contributed by atoms with van der Waals surface area (Å²) in [6.07, 6.45) is 6.43. The predicted octanol–water partition coefficient (Wildman–Crippen LogP) is 2.27. The summed E-state index contributed by atoms with van der Waals surface area (Å²) in [6, 6.07) is 2.26. The molecule has 7 nitrogen and oxygen atoms in total. The first-order chi connectivity index (χ1) is 9.29. The first-order valence-corrected chi connectivity index (χ1v) is 6.46. The Bertz CT molecular complexity index is 549. The standard InChI is InChI=1S/C12H16N6O/c1-8-6-10(18-19-8)15-11-7-13-17-12(16-11)14-9-4-2-3-5-9/h6-7,9H,2-5H2,1H3,(H2,14,15,16,17,18). The zero-order valence-electron chi connectivity index (χ0n) is 10.8. The maximum atomic E-state index is 4.98. The van der Waals surface area contributed by atoms with Gasteiger partial charge in [-0.1, -0.05) is 18.0 Å². The van der Waals surface area contributed by atoms with Gasteiger partial charge in [-0.15, -0.1) is 5.10 Å². The second-order valence-electron chi connectivity index (χ2n) is 4.74. The highest BCUT2D eigenvalue weighted by atomic mass is 16.5. The van der Waals surface area contributed by atoms with Crippen molar-refractivity contribution in [2.75, 3.05) is 10.6 Å². The molecular weight excluding hydrogens is 244 g/mol. The molecule has 0 atom stereocenters. The molecule has 1 saturated carbocycles. The quantitative estimate of drug-likeness (QED) is 0.871. The lowest BCUT2D eigenvalue weighted by Crippen LogP contribution is -2.17. The van der Waals surface area contributed by atoms with Crippen LogP contribution in [0.3, 0.4) is 0 Å². The Kier molecular flexibility index (Phi) is 3.26. The fourth-order valence-corrected chi connectivity index (χ4v) is 2.23. The van der Waals surface area contributed by atoms with Crippen molar-refractivity contribution < 1.29 is 4.52 Å². The highest BCUT2D eigenvalue weighted by molar-refractivity contribution is 5.51. The topological polar surface area (TPSA) is 88.8 Å². The van der Waals surface area contributed by atoms with Crippen LogP contribution in [0.4, 0.5) is 17.6 Å². The molecule has 2 N–H and O–H groups in total. The normalized spacial score (nSPS) is 15.6. The van der Waals surface area contributed by atoms with Crippen LogP contribution >= 0.6 is 0 Å². The summed E-state index contributed by atoms with van der Waals surface area (Å²) < 4.78 is 4.98. The lowest BCUT2D eigenvalue weighted by molar-refractivity contribution is 0.400. The summed E-state index contributed by atoms with van der Waals surface area (Å²) >= 11 is 0. The van der Waals surface area contributed by atoms with Gasteiger partial charge in [0.1, 0.15) is 5.76 Å².